The Morgan fingerprint density at radius 1 is 1.33 bits per heavy atom. The molecule has 2 unspecified atom stereocenters. The Bertz CT molecular complexity index is 683. The number of halogens is 1. The van der Waals surface area contributed by atoms with Gasteiger partial charge in [0.2, 0.25) is 6.41 Å². The Labute approximate surface area is 147 Å². The highest BCUT2D eigenvalue weighted by Gasteiger charge is 2.26. The fourth-order valence-electron chi connectivity index (χ4n) is 3.55. The van der Waals surface area contributed by atoms with E-state index in [9.17, 15) is 15.0 Å². The van der Waals surface area contributed by atoms with Crippen LogP contribution in [0.15, 0.2) is 41.0 Å². The van der Waals surface area contributed by atoms with Gasteiger partial charge in [0.15, 0.2) is 0 Å². The number of hydrogen-bond donors (Lipinski definition) is 2. The molecular formula is C19H22ClNO3. The molecular weight excluding hydrogens is 326 g/mol. The van der Waals surface area contributed by atoms with Crippen molar-refractivity contribution in [1.29, 1.82) is 0 Å². The first kappa shape index (κ1) is 17.2. The summed E-state index contributed by atoms with van der Waals surface area (Å²) in [6.07, 6.45) is 6.64. The predicted molar refractivity (Wildman–Crippen MR) is 93.6 cm³/mol. The molecule has 5 heteroatoms. The van der Waals surface area contributed by atoms with Crippen molar-refractivity contribution < 1.29 is 15.0 Å². The van der Waals surface area contributed by atoms with Gasteiger partial charge in [0.1, 0.15) is 6.10 Å². The molecule has 1 aromatic carbocycles. The zero-order valence-corrected chi connectivity index (χ0v) is 14.2. The van der Waals surface area contributed by atoms with E-state index in [1.807, 2.05) is 30.4 Å². The maximum atomic E-state index is 10.9. The van der Waals surface area contributed by atoms with Crippen LogP contribution in [0.25, 0.3) is 0 Å². The quantitative estimate of drug-likeness (QED) is 0.805. The zero-order valence-electron chi connectivity index (χ0n) is 13.5. The van der Waals surface area contributed by atoms with E-state index in [0.29, 0.717) is 11.6 Å². The summed E-state index contributed by atoms with van der Waals surface area (Å²) in [4.78, 5) is 12.7. The maximum absolute atomic E-state index is 10.9. The number of hydrogen-bond acceptors (Lipinski definition) is 3. The number of carbonyl (C=O) groups excluding carboxylic acids is 1. The number of allylic oxidation sites excluding steroid dienone is 2. The second-order valence-corrected chi connectivity index (χ2v) is 6.80. The highest BCUT2D eigenvalue weighted by atomic mass is 35.5. The van der Waals surface area contributed by atoms with E-state index < -0.39 is 6.10 Å². The molecule has 2 N–H and O–H groups in total. The third-order valence-corrected chi connectivity index (χ3v) is 5.26. The summed E-state index contributed by atoms with van der Waals surface area (Å²) in [5.74, 6) is 0.237. The van der Waals surface area contributed by atoms with Gasteiger partial charge in [0.05, 0.1) is 6.61 Å². The summed E-state index contributed by atoms with van der Waals surface area (Å²) in [7, 11) is 0. The number of nitrogens with zero attached hydrogens (tertiary/aromatic N) is 1. The second-order valence-electron chi connectivity index (χ2n) is 6.39. The van der Waals surface area contributed by atoms with Crippen molar-refractivity contribution in [2.75, 3.05) is 13.1 Å². The summed E-state index contributed by atoms with van der Waals surface area (Å²) in [5.41, 5.74) is 3.32. The third kappa shape index (κ3) is 3.41. The third-order valence-electron chi connectivity index (χ3n) is 4.89. The average molecular weight is 348 g/mol. The molecule has 1 heterocycles. The number of aliphatic hydroxyl groups excluding tert-OH is 2. The van der Waals surface area contributed by atoms with Gasteiger partial charge in [-0.2, -0.15) is 0 Å². The number of aliphatic hydroxyl groups is 2. The number of likely N-dealkylation sites (tertiary alicyclic amines) is 1. The number of rotatable bonds is 5. The fourth-order valence-corrected chi connectivity index (χ4v) is 3.84. The summed E-state index contributed by atoms with van der Waals surface area (Å²) >= 11 is 6.21. The Morgan fingerprint density at radius 3 is 2.79 bits per heavy atom. The Kier molecular flexibility index (Phi) is 5.39. The van der Waals surface area contributed by atoms with E-state index in [-0.39, 0.29) is 12.5 Å². The smallest absolute Gasteiger partial charge is 0.209 e. The molecule has 0 bridgehead atoms. The van der Waals surface area contributed by atoms with Gasteiger partial charge < -0.3 is 15.1 Å². The standard InChI is InChI=1S/C19H22ClNO3/c20-18-4-2-1-3-17(18)19(24)13-5-6-16(15(9-13)11-22)14-7-8-21(10-14)12-23/h3-6,9,12,14,19,22,24H,1-2,7-8,10-11H2. The number of amides is 1. The number of carbonyl (C=O) groups is 1. The minimum atomic E-state index is -0.788. The molecule has 4 nitrogen and oxygen atoms in total. The lowest BCUT2D eigenvalue weighted by atomic mass is 9.89. The van der Waals surface area contributed by atoms with Gasteiger partial charge >= 0.3 is 0 Å². The summed E-state index contributed by atoms with van der Waals surface area (Å²) < 4.78 is 0. The predicted octanol–water partition coefficient (Wildman–Crippen LogP) is 3.00. The van der Waals surface area contributed by atoms with Crippen LogP contribution in [-0.2, 0) is 11.4 Å². The average Bonchev–Trinajstić information content (AvgIpc) is 3.10. The first-order chi connectivity index (χ1) is 11.6. The number of benzene rings is 1. The minimum absolute atomic E-state index is 0.0872. The minimum Gasteiger partial charge on any atom is -0.392 e. The highest BCUT2D eigenvalue weighted by Crippen LogP contribution is 2.35. The highest BCUT2D eigenvalue weighted by molar-refractivity contribution is 6.32. The lowest BCUT2D eigenvalue weighted by Crippen LogP contribution is -2.18. The van der Waals surface area contributed by atoms with Crippen molar-refractivity contribution >= 4 is 18.0 Å². The normalized spacial score (nSPS) is 22.1. The molecule has 0 aromatic heterocycles. The van der Waals surface area contributed by atoms with Crippen LogP contribution in [-0.4, -0.2) is 34.6 Å². The van der Waals surface area contributed by atoms with Crippen molar-refractivity contribution in [2.45, 2.75) is 37.9 Å². The summed E-state index contributed by atoms with van der Waals surface area (Å²) in [5, 5.41) is 21.0. The monoisotopic (exact) mass is 347 g/mol. The van der Waals surface area contributed by atoms with Crippen LogP contribution in [0.2, 0.25) is 0 Å². The van der Waals surface area contributed by atoms with Crippen LogP contribution in [0.5, 0.6) is 0 Å². The largest absolute Gasteiger partial charge is 0.392 e. The molecule has 1 aliphatic heterocycles. The van der Waals surface area contributed by atoms with Crippen molar-refractivity contribution in [3.05, 3.63) is 57.6 Å². The molecule has 128 valence electrons. The van der Waals surface area contributed by atoms with E-state index in [1.54, 1.807) is 4.90 Å². The van der Waals surface area contributed by atoms with Crippen LogP contribution in [0.4, 0.5) is 0 Å². The van der Waals surface area contributed by atoms with E-state index in [4.69, 9.17) is 11.6 Å². The van der Waals surface area contributed by atoms with Gasteiger partial charge in [-0.25, -0.2) is 0 Å². The molecule has 1 amide bonds. The molecule has 2 atom stereocenters. The Balaban J connectivity index is 1.85. The van der Waals surface area contributed by atoms with Gasteiger partial charge in [0, 0.05) is 24.0 Å². The van der Waals surface area contributed by atoms with Crippen LogP contribution in [0.1, 0.15) is 48.0 Å². The molecule has 1 saturated heterocycles. The van der Waals surface area contributed by atoms with Gasteiger partial charge in [0.25, 0.3) is 0 Å². The molecule has 2 aliphatic rings. The lowest BCUT2D eigenvalue weighted by molar-refractivity contribution is -0.117. The van der Waals surface area contributed by atoms with Crippen LogP contribution >= 0.6 is 11.6 Å². The molecule has 1 aromatic rings. The molecule has 24 heavy (non-hydrogen) atoms. The fraction of sp³-hybridized carbons (Fsp3) is 0.421. The Morgan fingerprint density at radius 2 is 2.12 bits per heavy atom. The van der Waals surface area contributed by atoms with Gasteiger partial charge in [-0.15, -0.1) is 0 Å². The van der Waals surface area contributed by atoms with Crippen LogP contribution < -0.4 is 0 Å². The molecule has 0 spiro atoms. The van der Waals surface area contributed by atoms with Gasteiger partial charge in [-0.3, -0.25) is 4.79 Å². The molecule has 0 radical (unpaired) electrons. The first-order valence-electron chi connectivity index (χ1n) is 8.31. The van der Waals surface area contributed by atoms with Crippen molar-refractivity contribution in [3.63, 3.8) is 0 Å². The van der Waals surface area contributed by atoms with Gasteiger partial charge in [-0.05, 0) is 41.5 Å². The van der Waals surface area contributed by atoms with Crippen molar-refractivity contribution in [1.82, 2.24) is 4.90 Å². The van der Waals surface area contributed by atoms with E-state index in [0.717, 1.165) is 54.5 Å². The zero-order chi connectivity index (χ0) is 17.1. The maximum Gasteiger partial charge on any atom is 0.209 e. The van der Waals surface area contributed by atoms with Crippen molar-refractivity contribution in [2.24, 2.45) is 0 Å². The van der Waals surface area contributed by atoms with E-state index >= 15 is 0 Å². The van der Waals surface area contributed by atoms with Crippen molar-refractivity contribution in [3.8, 4) is 0 Å². The van der Waals surface area contributed by atoms with E-state index in [1.165, 1.54) is 0 Å². The summed E-state index contributed by atoms with van der Waals surface area (Å²) in [6, 6.07) is 5.70. The molecule has 1 aliphatic carbocycles. The molecule has 1 fully saturated rings. The summed E-state index contributed by atoms with van der Waals surface area (Å²) in [6.45, 7) is 1.34. The molecule has 0 saturated carbocycles. The van der Waals surface area contributed by atoms with E-state index in [2.05, 4.69) is 0 Å². The Hall–Kier alpha value is -1.62. The second kappa shape index (κ2) is 7.51. The van der Waals surface area contributed by atoms with Crippen LogP contribution in [0, 0.1) is 0 Å². The van der Waals surface area contributed by atoms with Gasteiger partial charge in [-0.1, -0.05) is 42.0 Å². The first-order valence-corrected chi connectivity index (χ1v) is 8.69. The van der Waals surface area contributed by atoms with Crippen LogP contribution in [0.3, 0.4) is 0 Å². The molecule has 3 rings (SSSR count). The topological polar surface area (TPSA) is 60.8 Å². The lowest BCUT2D eigenvalue weighted by Gasteiger charge is -2.21. The SMILES string of the molecule is O=CN1CCC(c2ccc(C(O)C3=CCCC=C3Cl)cc2CO)C1.